The summed E-state index contributed by atoms with van der Waals surface area (Å²) in [5, 5.41) is 9.65. The third-order valence-electron chi connectivity index (χ3n) is 7.31. The monoisotopic (exact) mass is 475 g/mol. The number of nitrogens with zero attached hydrogens (tertiary/aromatic N) is 1. The van der Waals surface area contributed by atoms with Crippen LogP contribution in [-0.2, 0) is 0 Å². The third kappa shape index (κ3) is 6.27. The van der Waals surface area contributed by atoms with Gasteiger partial charge in [0.05, 0.1) is 13.2 Å². The molecular weight excluding hydrogens is 441 g/mol. The first-order chi connectivity index (χ1) is 15.4. The molecule has 1 heterocycles. The minimum atomic E-state index is -0.276. The summed E-state index contributed by atoms with van der Waals surface area (Å²) < 4.78 is 19.1. The predicted octanol–water partition coefficient (Wildman–Crippen LogP) is 5.93. The zero-order chi connectivity index (χ0) is 22.7. The summed E-state index contributed by atoms with van der Waals surface area (Å²) in [5.41, 5.74) is 3.03. The number of aliphatic hydroxyl groups excluding tert-OH is 1. The average molecular weight is 476 g/mol. The highest BCUT2D eigenvalue weighted by Gasteiger charge is 2.28. The quantitative estimate of drug-likeness (QED) is 0.563. The lowest BCUT2D eigenvalue weighted by atomic mass is 9.88. The van der Waals surface area contributed by atoms with E-state index in [0.29, 0.717) is 43.5 Å². The molecule has 2 fully saturated rings. The summed E-state index contributed by atoms with van der Waals surface area (Å²) >= 11 is 0. The first-order valence-electron chi connectivity index (χ1n) is 11.8. The van der Waals surface area contributed by atoms with Crippen molar-refractivity contribution in [3.05, 3.63) is 65.0 Å². The number of hydrogen-bond donors (Lipinski definition) is 1. The lowest BCUT2D eigenvalue weighted by Crippen LogP contribution is -2.40. The van der Waals surface area contributed by atoms with Crippen molar-refractivity contribution in [3.63, 3.8) is 0 Å². The molecule has 1 aliphatic heterocycles. The molecule has 0 spiro atoms. The second-order valence-corrected chi connectivity index (χ2v) is 9.58. The third-order valence-corrected chi connectivity index (χ3v) is 7.31. The number of ether oxygens (including phenoxy) is 1. The van der Waals surface area contributed by atoms with Crippen LogP contribution in [0.1, 0.15) is 78.8 Å². The Morgan fingerprint density at radius 3 is 2.48 bits per heavy atom. The van der Waals surface area contributed by atoms with Crippen LogP contribution in [-0.4, -0.2) is 42.2 Å². The number of halogens is 2. The van der Waals surface area contributed by atoms with Gasteiger partial charge in [0.2, 0.25) is 0 Å². The molecule has 3 atom stereocenters. The number of aliphatic hydroxyl groups is 1. The van der Waals surface area contributed by atoms with E-state index in [9.17, 15) is 14.3 Å². The summed E-state index contributed by atoms with van der Waals surface area (Å²) in [6, 6.07) is 13.1. The first kappa shape index (κ1) is 25.5. The largest absolute Gasteiger partial charge is 0.497 e. The van der Waals surface area contributed by atoms with Gasteiger partial charge >= 0.3 is 0 Å². The zero-order valence-corrected chi connectivity index (χ0v) is 20.3. The molecule has 0 radical (unpaired) electrons. The SMILES string of the molecule is COc1cc(F)cc([C@@H](C)CC2CC[C@H](c3ccc(C(=O)N4CCC(O)CC4)cc3)C2)c1.Cl. The highest BCUT2D eigenvalue weighted by Crippen LogP contribution is 2.42. The summed E-state index contributed by atoms with van der Waals surface area (Å²) in [7, 11) is 1.57. The van der Waals surface area contributed by atoms with E-state index in [0.717, 1.165) is 30.4 Å². The van der Waals surface area contributed by atoms with Crippen LogP contribution in [0.4, 0.5) is 4.39 Å². The van der Waals surface area contributed by atoms with E-state index in [1.807, 2.05) is 23.1 Å². The Hall–Kier alpha value is -2.11. The standard InChI is InChI=1S/C27H34FNO3.ClH/c1-18(23-15-24(28)17-26(16-23)32-2)13-19-3-4-22(14-19)20-5-7-21(8-6-20)27(31)29-11-9-25(30)10-12-29;/h5-8,15-19,22,25,30H,3-4,9-14H2,1-2H3;1H/t18-,19?,22-;/m0./s1. The van der Waals surface area contributed by atoms with Gasteiger partial charge in [0.1, 0.15) is 11.6 Å². The number of carbonyl (C=O) groups excluding carboxylic acids is 1. The van der Waals surface area contributed by atoms with Gasteiger partial charge in [-0.25, -0.2) is 4.39 Å². The molecule has 4 rings (SSSR count). The molecular formula is C27H35ClFNO3. The molecule has 1 aliphatic carbocycles. The lowest BCUT2D eigenvalue weighted by molar-refractivity contribution is 0.0546. The van der Waals surface area contributed by atoms with Gasteiger partial charge in [-0.15, -0.1) is 12.4 Å². The Balaban J connectivity index is 0.00000306. The van der Waals surface area contributed by atoms with Gasteiger partial charge in [-0.2, -0.15) is 0 Å². The Kier molecular flexibility index (Phi) is 8.77. The smallest absolute Gasteiger partial charge is 0.253 e. The number of amides is 1. The molecule has 1 amide bonds. The molecule has 2 aromatic rings. The average Bonchev–Trinajstić information content (AvgIpc) is 3.27. The van der Waals surface area contributed by atoms with Crippen LogP contribution in [0.5, 0.6) is 5.75 Å². The molecule has 1 unspecified atom stereocenters. The van der Waals surface area contributed by atoms with Crippen molar-refractivity contribution >= 4 is 18.3 Å². The fraction of sp³-hybridized carbons (Fsp3) is 0.519. The Morgan fingerprint density at radius 1 is 1.12 bits per heavy atom. The topological polar surface area (TPSA) is 49.8 Å². The second kappa shape index (κ2) is 11.3. The van der Waals surface area contributed by atoms with Crippen LogP contribution in [0.3, 0.4) is 0 Å². The fourth-order valence-electron chi connectivity index (χ4n) is 5.36. The molecule has 0 aromatic heterocycles. The fourth-order valence-corrected chi connectivity index (χ4v) is 5.36. The van der Waals surface area contributed by atoms with Crippen LogP contribution < -0.4 is 4.74 Å². The number of benzene rings is 2. The van der Waals surface area contributed by atoms with Gasteiger partial charge in [-0.05, 0) is 91.7 Å². The van der Waals surface area contributed by atoms with Crippen molar-refractivity contribution in [2.45, 2.75) is 63.4 Å². The van der Waals surface area contributed by atoms with Crippen LogP contribution in [0, 0.1) is 11.7 Å². The molecule has 1 saturated carbocycles. The number of methoxy groups -OCH3 is 1. The summed E-state index contributed by atoms with van der Waals surface area (Å²) in [5.74, 6) is 1.81. The lowest BCUT2D eigenvalue weighted by Gasteiger charge is -2.29. The summed E-state index contributed by atoms with van der Waals surface area (Å²) in [6.07, 6.45) is 5.55. The van der Waals surface area contributed by atoms with Gasteiger partial charge in [-0.1, -0.05) is 19.1 Å². The van der Waals surface area contributed by atoms with Crippen LogP contribution in [0.25, 0.3) is 0 Å². The van der Waals surface area contributed by atoms with Gasteiger partial charge < -0.3 is 14.7 Å². The normalized spacial score (nSPS) is 22.0. The number of likely N-dealkylation sites (tertiary alicyclic amines) is 1. The van der Waals surface area contributed by atoms with Gasteiger partial charge in [0.25, 0.3) is 5.91 Å². The minimum absolute atomic E-state index is 0. The van der Waals surface area contributed by atoms with E-state index in [4.69, 9.17) is 4.74 Å². The number of carbonyl (C=O) groups is 1. The zero-order valence-electron chi connectivity index (χ0n) is 19.5. The number of hydrogen-bond acceptors (Lipinski definition) is 3. The van der Waals surface area contributed by atoms with Crippen molar-refractivity contribution in [2.75, 3.05) is 20.2 Å². The Labute approximate surface area is 202 Å². The van der Waals surface area contributed by atoms with Crippen LogP contribution in [0.15, 0.2) is 42.5 Å². The second-order valence-electron chi connectivity index (χ2n) is 9.58. The summed E-state index contributed by atoms with van der Waals surface area (Å²) in [6.45, 7) is 3.42. The van der Waals surface area contributed by atoms with Crippen molar-refractivity contribution in [1.82, 2.24) is 4.90 Å². The molecule has 1 saturated heterocycles. The Bertz CT molecular complexity index is 927. The molecule has 33 heavy (non-hydrogen) atoms. The number of rotatable bonds is 6. The first-order valence-corrected chi connectivity index (χ1v) is 11.8. The highest BCUT2D eigenvalue weighted by atomic mass is 35.5. The van der Waals surface area contributed by atoms with E-state index in [2.05, 4.69) is 19.1 Å². The van der Waals surface area contributed by atoms with Crippen LogP contribution >= 0.6 is 12.4 Å². The predicted molar refractivity (Wildman–Crippen MR) is 131 cm³/mol. The maximum atomic E-state index is 13.9. The van der Waals surface area contributed by atoms with Crippen molar-refractivity contribution in [2.24, 2.45) is 5.92 Å². The van der Waals surface area contributed by atoms with Gasteiger partial charge in [0, 0.05) is 24.7 Å². The van der Waals surface area contributed by atoms with Crippen molar-refractivity contribution in [3.8, 4) is 5.75 Å². The van der Waals surface area contributed by atoms with E-state index in [1.165, 1.54) is 18.1 Å². The summed E-state index contributed by atoms with van der Waals surface area (Å²) in [4.78, 5) is 14.6. The van der Waals surface area contributed by atoms with E-state index in [-0.39, 0.29) is 36.2 Å². The van der Waals surface area contributed by atoms with E-state index < -0.39 is 0 Å². The van der Waals surface area contributed by atoms with Crippen molar-refractivity contribution in [1.29, 1.82) is 0 Å². The molecule has 6 heteroatoms. The molecule has 0 bridgehead atoms. The molecule has 2 aliphatic rings. The van der Waals surface area contributed by atoms with Crippen LogP contribution in [0.2, 0.25) is 0 Å². The minimum Gasteiger partial charge on any atom is -0.497 e. The molecule has 2 aromatic carbocycles. The molecule has 1 N–H and O–H groups in total. The van der Waals surface area contributed by atoms with Gasteiger partial charge in [-0.3, -0.25) is 4.79 Å². The number of piperidine rings is 1. The molecule has 4 nitrogen and oxygen atoms in total. The highest BCUT2D eigenvalue weighted by molar-refractivity contribution is 5.94. The maximum absolute atomic E-state index is 13.9. The van der Waals surface area contributed by atoms with E-state index >= 15 is 0 Å². The maximum Gasteiger partial charge on any atom is 0.253 e. The Morgan fingerprint density at radius 2 is 1.82 bits per heavy atom. The molecule has 180 valence electrons. The van der Waals surface area contributed by atoms with Gasteiger partial charge in [0.15, 0.2) is 0 Å². The van der Waals surface area contributed by atoms with E-state index in [1.54, 1.807) is 13.2 Å². The van der Waals surface area contributed by atoms with Crippen molar-refractivity contribution < 1.29 is 19.0 Å².